The van der Waals surface area contributed by atoms with Crippen LogP contribution in [0.1, 0.15) is 5.56 Å². The van der Waals surface area contributed by atoms with Gasteiger partial charge in [-0.3, -0.25) is 5.84 Å². The third kappa shape index (κ3) is 2.91. The van der Waals surface area contributed by atoms with E-state index in [9.17, 15) is 4.39 Å². The second kappa shape index (κ2) is 5.71. The molecule has 3 N–H and O–H groups in total. The average Bonchev–Trinajstić information content (AvgIpc) is 2.39. The number of benzene rings is 2. The minimum absolute atomic E-state index is 0.0842. The maximum Gasteiger partial charge on any atom is 0.131 e. The second-order valence-electron chi connectivity index (χ2n) is 3.66. The molecule has 0 heterocycles. The van der Waals surface area contributed by atoms with Crippen LogP contribution < -0.4 is 16.0 Å². The highest BCUT2D eigenvalue weighted by atomic mass is 35.5. The highest BCUT2D eigenvalue weighted by molar-refractivity contribution is 6.31. The maximum absolute atomic E-state index is 13.5. The Morgan fingerprint density at radius 1 is 1.17 bits per heavy atom. The number of hydrogen-bond acceptors (Lipinski definition) is 3. The SMILES string of the molecule is NNc1ccc(OCc2c(F)cccc2Cl)cc1. The molecule has 0 aliphatic carbocycles. The number of nitrogens with one attached hydrogen (secondary N) is 1. The molecule has 0 aromatic heterocycles. The van der Waals surface area contributed by atoms with E-state index in [4.69, 9.17) is 22.2 Å². The van der Waals surface area contributed by atoms with Gasteiger partial charge in [0.1, 0.15) is 18.2 Å². The lowest BCUT2D eigenvalue weighted by Crippen LogP contribution is -2.06. The molecule has 2 rings (SSSR count). The summed E-state index contributed by atoms with van der Waals surface area (Å²) in [5.74, 6) is 5.49. The van der Waals surface area contributed by atoms with E-state index in [1.165, 1.54) is 6.07 Å². The van der Waals surface area contributed by atoms with Crippen LogP contribution in [0.25, 0.3) is 0 Å². The normalized spacial score (nSPS) is 10.2. The first-order chi connectivity index (χ1) is 8.70. The molecule has 0 unspecified atom stereocenters. The molecule has 94 valence electrons. The molecule has 18 heavy (non-hydrogen) atoms. The Labute approximate surface area is 109 Å². The molecule has 0 amide bonds. The summed E-state index contributed by atoms with van der Waals surface area (Å²) in [4.78, 5) is 0. The van der Waals surface area contributed by atoms with Crippen molar-refractivity contribution in [1.29, 1.82) is 0 Å². The van der Waals surface area contributed by atoms with Crippen molar-refractivity contribution in [1.82, 2.24) is 0 Å². The van der Waals surface area contributed by atoms with E-state index in [0.717, 1.165) is 5.69 Å². The zero-order chi connectivity index (χ0) is 13.0. The highest BCUT2D eigenvalue weighted by Gasteiger charge is 2.07. The number of halogens is 2. The Hall–Kier alpha value is -1.78. The second-order valence-corrected chi connectivity index (χ2v) is 4.06. The lowest BCUT2D eigenvalue weighted by Gasteiger charge is -2.09. The number of hydrazine groups is 1. The predicted octanol–water partition coefficient (Wildman–Crippen LogP) is 3.34. The Bertz CT molecular complexity index is 511. The summed E-state index contributed by atoms with van der Waals surface area (Å²) in [5, 5.41) is 0.357. The van der Waals surface area contributed by atoms with E-state index in [1.807, 2.05) is 0 Å². The molecule has 0 radical (unpaired) electrons. The number of ether oxygens (including phenoxy) is 1. The highest BCUT2D eigenvalue weighted by Crippen LogP contribution is 2.22. The first-order valence-electron chi connectivity index (χ1n) is 5.33. The van der Waals surface area contributed by atoms with Crippen LogP contribution in [-0.4, -0.2) is 0 Å². The molecule has 0 saturated carbocycles. The Balaban J connectivity index is 2.06. The molecule has 0 aliphatic heterocycles. The van der Waals surface area contributed by atoms with Crippen LogP contribution in [0, 0.1) is 5.82 Å². The smallest absolute Gasteiger partial charge is 0.131 e. The molecule has 0 spiro atoms. The molecule has 0 bridgehead atoms. The largest absolute Gasteiger partial charge is 0.489 e. The van der Waals surface area contributed by atoms with Crippen molar-refractivity contribution >= 4 is 17.3 Å². The third-order valence-electron chi connectivity index (χ3n) is 2.47. The number of rotatable bonds is 4. The van der Waals surface area contributed by atoms with Crippen molar-refractivity contribution in [3.8, 4) is 5.75 Å². The number of anilines is 1. The van der Waals surface area contributed by atoms with Crippen molar-refractivity contribution in [2.75, 3.05) is 5.43 Å². The Morgan fingerprint density at radius 3 is 2.50 bits per heavy atom. The zero-order valence-corrected chi connectivity index (χ0v) is 10.2. The average molecular weight is 267 g/mol. The molecule has 0 aliphatic rings. The quantitative estimate of drug-likeness (QED) is 0.659. The van der Waals surface area contributed by atoms with Gasteiger partial charge in [-0.05, 0) is 36.4 Å². The lowest BCUT2D eigenvalue weighted by molar-refractivity contribution is 0.300. The standard InChI is InChI=1S/C13H12ClFN2O/c14-12-2-1-3-13(15)11(12)8-18-10-6-4-9(17-16)5-7-10/h1-7,17H,8,16H2. The van der Waals surface area contributed by atoms with E-state index in [1.54, 1.807) is 36.4 Å². The summed E-state index contributed by atoms with van der Waals surface area (Å²) in [6, 6.07) is 11.5. The van der Waals surface area contributed by atoms with Crippen LogP contribution >= 0.6 is 11.6 Å². The van der Waals surface area contributed by atoms with Gasteiger partial charge in [-0.15, -0.1) is 0 Å². The fourth-order valence-electron chi connectivity index (χ4n) is 1.47. The van der Waals surface area contributed by atoms with Gasteiger partial charge >= 0.3 is 0 Å². The van der Waals surface area contributed by atoms with Gasteiger partial charge in [0.2, 0.25) is 0 Å². The minimum Gasteiger partial charge on any atom is -0.489 e. The maximum atomic E-state index is 13.5. The molecule has 2 aromatic rings. The van der Waals surface area contributed by atoms with Crippen LogP contribution in [0.15, 0.2) is 42.5 Å². The Kier molecular flexibility index (Phi) is 4.02. The topological polar surface area (TPSA) is 47.3 Å². The first kappa shape index (κ1) is 12.7. The molecule has 0 saturated heterocycles. The predicted molar refractivity (Wildman–Crippen MR) is 70.0 cm³/mol. The minimum atomic E-state index is -0.372. The summed E-state index contributed by atoms with van der Waals surface area (Å²) in [5.41, 5.74) is 3.63. The lowest BCUT2D eigenvalue weighted by atomic mass is 10.2. The van der Waals surface area contributed by atoms with Gasteiger partial charge in [0.05, 0.1) is 5.02 Å². The molecule has 0 fully saturated rings. The van der Waals surface area contributed by atoms with E-state index >= 15 is 0 Å². The third-order valence-corrected chi connectivity index (χ3v) is 2.82. The van der Waals surface area contributed by atoms with Gasteiger partial charge < -0.3 is 10.2 Å². The molecule has 3 nitrogen and oxygen atoms in total. The summed E-state index contributed by atoms with van der Waals surface area (Å²) < 4.78 is 18.9. The fraction of sp³-hybridized carbons (Fsp3) is 0.0769. The van der Waals surface area contributed by atoms with E-state index in [-0.39, 0.29) is 12.4 Å². The summed E-state index contributed by atoms with van der Waals surface area (Å²) in [6.07, 6.45) is 0. The van der Waals surface area contributed by atoms with Crippen molar-refractivity contribution in [2.24, 2.45) is 5.84 Å². The van der Waals surface area contributed by atoms with Gasteiger partial charge in [-0.25, -0.2) is 4.39 Å². The van der Waals surface area contributed by atoms with Gasteiger partial charge in [-0.1, -0.05) is 17.7 Å². The summed E-state index contributed by atoms with van der Waals surface area (Å²) in [7, 11) is 0. The van der Waals surface area contributed by atoms with E-state index in [2.05, 4.69) is 5.43 Å². The van der Waals surface area contributed by atoms with Crippen molar-refractivity contribution < 1.29 is 9.13 Å². The molecular weight excluding hydrogens is 255 g/mol. The molecule has 2 aromatic carbocycles. The van der Waals surface area contributed by atoms with Crippen LogP contribution in [0.4, 0.5) is 10.1 Å². The van der Waals surface area contributed by atoms with Crippen molar-refractivity contribution in [3.05, 3.63) is 58.9 Å². The molecule has 0 atom stereocenters. The number of nitrogens with two attached hydrogens (primary N) is 1. The van der Waals surface area contributed by atoms with Gasteiger partial charge in [0, 0.05) is 11.3 Å². The zero-order valence-electron chi connectivity index (χ0n) is 9.49. The van der Waals surface area contributed by atoms with Crippen LogP contribution in [-0.2, 0) is 6.61 Å². The monoisotopic (exact) mass is 266 g/mol. The van der Waals surface area contributed by atoms with Crippen LogP contribution in [0.5, 0.6) is 5.75 Å². The Morgan fingerprint density at radius 2 is 1.89 bits per heavy atom. The van der Waals surface area contributed by atoms with Gasteiger partial charge in [-0.2, -0.15) is 0 Å². The van der Waals surface area contributed by atoms with Crippen LogP contribution in [0.2, 0.25) is 5.02 Å². The van der Waals surface area contributed by atoms with Gasteiger partial charge in [0.15, 0.2) is 0 Å². The summed E-state index contributed by atoms with van der Waals surface area (Å²) >= 11 is 5.90. The fourth-order valence-corrected chi connectivity index (χ4v) is 1.69. The number of nitrogen functional groups attached to an aromatic ring is 1. The van der Waals surface area contributed by atoms with Gasteiger partial charge in [0.25, 0.3) is 0 Å². The number of hydrogen-bond donors (Lipinski definition) is 2. The van der Waals surface area contributed by atoms with E-state index < -0.39 is 0 Å². The first-order valence-corrected chi connectivity index (χ1v) is 5.71. The van der Waals surface area contributed by atoms with Crippen molar-refractivity contribution in [2.45, 2.75) is 6.61 Å². The van der Waals surface area contributed by atoms with Crippen LogP contribution in [0.3, 0.4) is 0 Å². The van der Waals surface area contributed by atoms with Crippen molar-refractivity contribution in [3.63, 3.8) is 0 Å². The molecular formula is C13H12ClFN2O. The summed E-state index contributed by atoms with van der Waals surface area (Å²) in [6.45, 7) is 0.0842. The molecule has 5 heteroatoms. The van der Waals surface area contributed by atoms with E-state index in [0.29, 0.717) is 16.3 Å².